The van der Waals surface area contributed by atoms with Crippen LogP contribution in [0.2, 0.25) is 0 Å². The van der Waals surface area contributed by atoms with Gasteiger partial charge in [-0.25, -0.2) is 15.0 Å². The van der Waals surface area contributed by atoms with Crippen molar-refractivity contribution >= 4 is 28.7 Å². The van der Waals surface area contributed by atoms with Gasteiger partial charge in [0, 0.05) is 0 Å². The highest BCUT2D eigenvalue weighted by Crippen LogP contribution is 2.46. The van der Waals surface area contributed by atoms with Gasteiger partial charge < -0.3 is 20.7 Å². The molecule has 0 radical (unpaired) electrons. The maximum absolute atomic E-state index is 10.7. The Hall–Kier alpha value is -1.42. The van der Waals surface area contributed by atoms with Crippen molar-refractivity contribution in [2.24, 2.45) is 0 Å². The van der Waals surface area contributed by atoms with E-state index in [2.05, 4.69) is 21.9 Å². The van der Waals surface area contributed by atoms with Crippen LogP contribution in [0, 0.1) is 0 Å². The van der Waals surface area contributed by atoms with Gasteiger partial charge in [0.25, 0.3) is 0 Å². The van der Waals surface area contributed by atoms with E-state index < -0.39 is 23.4 Å². The molecule has 0 amide bonds. The number of hydrogen-bond acceptors (Lipinski definition) is 8. The van der Waals surface area contributed by atoms with Crippen LogP contribution in [0.5, 0.6) is 0 Å². The lowest BCUT2D eigenvalue weighted by atomic mass is 10.1. The van der Waals surface area contributed by atoms with E-state index in [0.29, 0.717) is 11.2 Å². The molecule has 126 valence electrons. The quantitative estimate of drug-likeness (QED) is 0.681. The van der Waals surface area contributed by atoms with Gasteiger partial charge in [0.05, 0.1) is 6.10 Å². The van der Waals surface area contributed by atoms with E-state index in [-0.39, 0.29) is 5.82 Å². The Labute approximate surface area is 138 Å². The molecule has 0 aromatic carbocycles. The molecular weight excluding hydrogens is 318 g/mol. The van der Waals surface area contributed by atoms with Crippen molar-refractivity contribution < 1.29 is 14.9 Å². The van der Waals surface area contributed by atoms with Gasteiger partial charge in [-0.2, -0.15) is 0 Å². The SMILES string of the molecule is CCCCS[C@@]1(n2cnc3c(N)ncnc32)O[C@H](C)[C@@H](O)[C@H]1O. The van der Waals surface area contributed by atoms with Crippen LogP contribution < -0.4 is 5.73 Å². The Kier molecular flexibility index (Phi) is 4.45. The summed E-state index contributed by atoms with van der Waals surface area (Å²) in [4.78, 5) is 12.4. The molecule has 4 N–H and O–H groups in total. The first-order chi connectivity index (χ1) is 11.0. The largest absolute Gasteiger partial charge is 0.387 e. The normalized spacial score (nSPS) is 31.0. The van der Waals surface area contributed by atoms with E-state index >= 15 is 0 Å². The van der Waals surface area contributed by atoms with Crippen molar-refractivity contribution in [3.8, 4) is 0 Å². The highest BCUT2D eigenvalue weighted by Gasteiger charge is 2.55. The van der Waals surface area contributed by atoms with Crippen molar-refractivity contribution in [3.05, 3.63) is 12.7 Å². The molecule has 2 aromatic heterocycles. The van der Waals surface area contributed by atoms with Gasteiger partial charge in [0.1, 0.15) is 30.4 Å². The topological polar surface area (TPSA) is 119 Å². The van der Waals surface area contributed by atoms with Gasteiger partial charge in [0.2, 0.25) is 5.06 Å². The van der Waals surface area contributed by atoms with Crippen LogP contribution in [0.4, 0.5) is 5.82 Å². The van der Waals surface area contributed by atoms with E-state index in [0.717, 1.165) is 18.6 Å². The average Bonchev–Trinajstić information content (AvgIpc) is 3.06. The number of hydrogen-bond donors (Lipinski definition) is 3. The third-order valence-corrected chi connectivity index (χ3v) is 5.48. The number of ether oxygens (including phenoxy) is 1. The zero-order chi connectivity index (χ0) is 16.6. The smallest absolute Gasteiger partial charge is 0.225 e. The number of fused-ring (bicyclic) bond motifs is 1. The first-order valence-electron chi connectivity index (χ1n) is 7.63. The maximum Gasteiger partial charge on any atom is 0.225 e. The molecule has 8 nitrogen and oxygen atoms in total. The molecule has 0 saturated carbocycles. The van der Waals surface area contributed by atoms with Crippen molar-refractivity contribution in [2.75, 3.05) is 11.5 Å². The number of thioether (sulfide) groups is 1. The van der Waals surface area contributed by atoms with Crippen LogP contribution in [0.15, 0.2) is 12.7 Å². The number of aliphatic hydroxyl groups excluding tert-OH is 2. The third-order valence-electron chi connectivity index (χ3n) is 4.04. The van der Waals surface area contributed by atoms with Crippen LogP contribution in [0.1, 0.15) is 26.7 Å². The number of nitrogen functional groups attached to an aromatic ring is 1. The van der Waals surface area contributed by atoms with Crippen LogP contribution >= 0.6 is 11.8 Å². The molecule has 0 aliphatic carbocycles. The van der Waals surface area contributed by atoms with Gasteiger partial charge >= 0.3 is 0 Å². The minimum Gasteiger partial charge on any atom is -0.387 e. The number of nitrogens with two attached hydrogens (primary N) is 1. The Morgan fingerprint density at radius 3 is 2.83 bits per heavy atom. The van der Waals surface area contributed by atoms with Gasteiger partial charge in [-0.1, -0.05) is 13.3 Å². The predicted octanol–water partition coefficient (Wildman–Crippen LogP) is 0.693. The van der Waals surface area contributed by atoms with Crippen molar-refractivity contribution in [1.82, 2.24) is 19.5 Å². The molecule has 0 bridgehead atoms. The number of aliphatic hydroxyl groups is 2. The summed E-state index contributed by atoms with van der Waals surface area (Å²) in [7, 11) is 0. The fourth-order valence-corrected chi connectivity index (χ4v) is 4.24. The molecule has 0 unspecified atom stereocenters. The summed E-state index contributed by atoms with van der Waals surface area (Å²) in [5, 5.41) is 19.7. The molecule has 3 rings (SSSR count). The van der Waals surface area contributed by atoms with E-state index in [1.54, 1.807) is 11.5 Å². The molecule has 23 heavy (non-hydrogen) atoms. The van der Waals surface area contributed by atoms with Crippen LogP contribution in [0.25, 0.3) is 11.2 Å². The molecule has 1 fully saturated rings. The zero-order valence-electron chi connectivity index (χ0n) is 13.1. The molecule has 2 aromatic rings. The first kappa shape index (κ1) is 16.4. The lowest BCUT2D eigenvalue weighted by Gasteiger charge is -2.32. The molecule has 1 saturated heterocycles. The second-order valence-corrected chi connectivity index (χ2v) is 6.92. The summed E-state index contributed by atoms with van der Waals surface area (Å²) in [5.41, 5.74) is 6.76. The summed E-state index contributed by atoms with van der Waals surface area (Å²) in [6.45, 7) is 3.83. The minimum atomic E-state index is -1.18. The second-order valence-electron chi connectivity index (χ2n) is 5.64. The lowest BCUT2D eigenvalue weighted by Crippen LogP contribution is -2.43. The van der Waals surface area contributed by atoms with Crippen molar-refractivity contribution in [3.63, 3.8) is 0 Å². The zero-order valence-corrected chi connectivity index (χ0v) is 13.9. The summed E-state index contributed by atoms with van der Waals surface area (Å²) < 4.78 is 7.65. The van der Waals surface area contributed by atoms with Gasteiger partial charge in [-0.3, -0.25) is 4.57 Å². The fraction of sp³-hybridized carbons (Fsp3) is 0.643. The Morgan fingerprint density at radius 2 is 2.17 bits per heavy atom. The summed E-state index contributed by atoms with van der Waals surface area (Å²) in [5.74, 6) is 1.04. The van der Waals surface area contributed by atoms with Gasteiger partial charge in [0.15, 0.2) is 11.5 Å². The van der Waals surface area contributed by atoms with Crippen LogP contribution in [0.3, 0.4) is 0 Å². The molecule has 9 heteroatoms. The number of nitrogens with zero attached hydrogens (tertiary/aromatic N) is 4. The summed E-state index contributed by atoms with van der Waals surface area (Å²) >= 11 is 1.44. The van der Waals surface area contributed by atoms with Crippen LogP contribution in [-0.4, -0.2) is 53.8 Å². The monoisotopic (exact) mass is 339 g/mol. The fourth-order valence-electron chi connectivity index (χ4n) is 2.71. The van der Waals surface area contributed by atoms with E-state index in [1.807, 2.05) is 0 Å². The maximum atomic E-state index is 10.7. The standard InChI is InChI=1S/C14H21N5O3S/c1-3-4-5-23-14(11(21)10(20)8(2)22-14)19-7-18-9-12(15)16-6-17-13(9)19/h6-8,10-11,20-21H,3-5H2,1-2H3,(H2,15,16,17)/t8-,10-,11-,14+/m1/s1. The van der Waals surface area contributed by atoms with Gasteiger partial charge in [-0.15, -0.1) is 11.8 Å². The minimum absolute atomic E-state index is 0.267. The number of imidazole rings is 1. The molecular formula is C14H21N5O3S. The molecule has 4 atom stereocenters. The van der Waals surface area contributed by atoms with E-state index in [9.17, 15) is 10.2 Å². The summed E-state index contributed by atoms with van der Waals surface area (Å²) in [6.07, 6.45) is 2.28. The van der Waals surface area contributed by atoms with Crippen LogP contribution in [-0.2, 0) is 9.79 Å². The highest BCUT2D eigenvalue weighted by molar-refractivity contribution is 7.99. The van der Waals surface area contributed by atoms with E-state index in [4.69, 9.17) is 10.5 Å². The Bertz CT molecular complexity index is 696. The average molecular weight is 339 g/mol. The molecule has 1 aliphatic rings. The van der Waals surface area contributed by atoms with Crippen molar-refractivity contribution in [1.29, 1.82) is 0 Å². The van der Waals surface area contributed by atoms with Gasteiger partial charge in [-0.05, 0) is 19.1 Å². The first-order valence-corrected chi connectivity index (χ1v) is 8.61. The second kappa shape index (κ2) is 6.23. The van der Waals surface area contributed by atoms with Crippen molar-refractivity contribution in [2.45, 2.75) is 50.1 Å². The molecule has 3 heterocycles. The predicted molar refractivity (Wildman–Crippen MR) is 87.6 cm³/mol. The number of rotatable bonds is 5. The number of aromatic nitrogens is 4. The highest BCUT2D eigenvalue weighted by atomic mass is 32.2. The number of unbranched alkanes of at least 4 members (excludes halogenated alkanes) is 1. The molecule has 1 aliphatic heterocycles. The Morgan fingerprint density at radius 1 is 1.39 bits per heavy atom. The Balaban J connectivity index is 2.09. The number of anilines is 1. The third kappa shape index (κ3) is 2.57. The van der Waals surface area contributed by atoms with E-state index in [1.165, 1.54) is 24.4 Å². The lowest BCUT2D eigenvalue weighted by molar-refractivity contribution is -0.0617. The molecule has 0 spiro atoms. The summed E-state index contributed by atoms with van der Waals surface area (Å²) in [6, 6.07) is 0.